The highest BCUT2D eigenvalue weighted by Gasteiger charge is 2.22. The molecule has 0 unspecified atom stereocenters. The molecule has 0 saturated carbocycles. The number of halogens is 1. The van der Waals surface area contributed by atoms with Gasteiger partial charge in [0.2, 0.25) is 0 Å². The van der Waals surface area contributed by atoms with Crippen LogP contribution in [0.4, 0.5) is 0 Å². The zero-order valence-corrected chi connectivity index (χ0v) is 16.0. The van der Waals surface area contributed by atoms with Crippen LogP contribution in [0.3, 0.4) is 0 Å². The number of pyridine rings is 1. The van der Waals surface area contributed by atoms with Crippen LogP contribution in [0.15, 0.2) is 65.3 Å². The van der Waals surface area contributed by atoms with Crippen LogP contribution in [0.5, 0.6) is 0 Å². The van der Waals surface area contributed by atoms with E-state index >= 15 is 0 Å². The number of para-hydroxylation sites is 1. The van der Waals surface area contributed by atoms with Gasteiger partial charge in [0.1, 0.15) is 0 Å². The predicted molar refractivity (Wildman–Crippen MR) is 107 cm³/mol. The molecule has 5 heteroatoms. The first-order valence-corrected chi connectivity index (χ1v) is 9.60. The van der Waals surface area contributed by atoms with Gasteiger partial charge < -0.3 is 4.90 Å². The molecule has 3 aromatic rings. The Balaban J connectivity index is 1.41. The Bertz CT molecular complexity index is 930. The van der Waals surface area contributed by atoms with Crippen LogP contribution in [0, 0.1) is 0 Å². The standard InChI is InChI=1S/C21H20BrN3O/c22-19-8-2-5-17(14-19)21(26)25-12-10-24(11-13-25)15-18-6-1-4-16-7-3-9-23-20(16)18/h1-9,14H,10-13,15H2. The number of piperazine rings is 1. The van der Waals surface area contributed by atoms with E-state index in [0.29, 0.717) is 0 Å². The molecule has 0 spiro atoms. The summed E-state index contributed by atoms with van der Waals surface area (Å²) >= 11 is 3.44. The smallest absolute Gasteiger partial charge is 0.253 e. The predicted octanol–water partition coefficient (Wildman–Crippen LogP) is 3.96. The van der Waals surface area contributed by atoms with E-state index in [-0.39, 0.29) is 5.91 Å². The third-order valence-corrected chi connectivity index (χ3v) is 5.33. The van der Waals surface area contributed by atoms with Crippen molar-refractivity contribution in [2.45, 2.75) is 6.54 Å². The Morgan fingerprint density at radius 1 is 1.00 bits per heavy atom. The molecule has 0 aliphatic carbocycles. The minimum absolute atomic E-state index is 0.109. The Hall–Kier alpha value is -2.24. The molecule has 2 heterocycles. The maximum absolute atomic E-state index is 12.7. The highest BCUT2D eigenvalue weighted by atomic mass is 79.9. The van der Waals surface area contributed by atoms with Gasteiger partial charge in [-0.05, 0) is 29.8 Å². The quantitative estimate of drug-likeness (QED) is 0.656. The van der Waals surface area contributed by atoms with E-state index in [1.54, 1.807) is 0 Å². The summed E-state index contributed by atoms with van der Waals surface area (Å²) in [5.41, 5.74) is 3.06. The summed E-state index contributed by atoms with van der Waals surface area (Å²) in [6.07, 6.45) is 1.85. The topological polar surface area (TPSA) is 36.4 Å². The lowest BCUT2D eigenvalue weighted by molar-refractivity contribution is 0.0629. The van der Waals surface area contributed by atoms with Gasteiger partial charge in [-0.2, -0.15) is 0 Å². The lowest BCUT2D eigenvalue weighted by Crippen LogP contribution is -2.48. The average Bonchev–Trinajstić information content (AvgIpc) is 2.68. The molecule has 1 aliphatic rings. The number of hydrogen-bond donors (Lipinski definition) is 0. The molecule has 0 atom stereocenters. The molecule has 1 aliphatic heterocycles. The number of carbonyl (C=O) groups excluding carboxylic acids is 1. The van der Waals surface area contributed by atoms with E-state index in [4.69, 9.17) is 0 Å². The highest BCUT2D eigenvalue weighted by Crippen LogP contribution is 2.19. The molecule has 1 aromatic heterocycles. The lowest BCUT2D eigenvalue weighted by atomic mass is 10.1. The van der Waals surface area contributed by atoms with Gasteiger partial charge in [-0.1, -0.05) is 46.3 Å². The molecule has 1 fully saturated rings. The summed E-state index contributed by atoms with van der Waals surface area (Å²) in [5, 5.41) is 1.17. The van der Waals surface area contributed by atoms with Gasteiger partial charge in [-0.3, -0.25) is 14.7 Å². The molecular weight excluding hydrogens is 390 g/mol. The number of nitrogens with zero attached hydrogens (tertiary/aromatic N) is 3. The van der Waals surface area contributed by atoms with Crippen molar-refractivity contribution in [3.8, 4) is 0 Å². The van der Waals surface area contributed by atoms with Gasteiger partial charge in [-0.15, -0.1) is 0 Å². The molecule has 1 saturated heterocycles. The largest absolute Gasteiger partial charge is 0.336 e. The first-order valence-electron chi connectivity index (χ1n) is 8.80. The first kappa shape index (κ1) is 17.2. The van der Waals surface area contributed by atoms with Crippen LogP contribution in [0.2, 0.25) is 0 Å². The lowest BCUT2D eigenvalue weighted by Gasteiger charge is -2.35. The Labute approximate surface area is 161 Å². The highest BCUT2D eigenvalue weighted by molar-refractivity contribution is 9.10. The summed E-state index contributed by atoms with van der Waals surface area (Å²) in [6.45, 7) is 4.13. The second-order valence-electron chi connectivity index (χ2n) is 6.57. The molecular formula is C21H20BrN3O. The molecule has 4 rings (SSSR count). The van der Waals surface area contributed by atoms with Gasteiger partial charge in [0.05, 0.1) is 5.52 Å². The number of carbonyl (C=O) groups is 1. The van der Waals surface area contributed by atoms with Crippen LogP contribution in [-0.4, -0.2) is 46.9 Å². The molecule has 2 aromatic carbocycles. The summed E-state index contributed by atoms with van der Waals surface area (Å²) in [7, 11) is 0. The fraction of sp³-hybridized carbons (Fsp3) is 0.238. The van der Waals surface area contributed by atoms with Crippen molar-refractivity contribution in [1.82, 2.24) is 14.8 Å². The van der Waals surface area contributed by atoms with Gasteiger partial charge in [0.25, 0.3) is 5.91 Å². The van der Waals surface area contributed by atoms with Crippen molar-refractivity contribution in [2.24, 2.45) is 0 Å². The van der Waals surface area contributed by atoms with Crippen LogP contribution < -0.4 is 0 Å². The van der Waals surface area contributed by atoms with E-state index in [1.165, 1.54) is 10.9 Å². The van der Waals surface area contributed by atoms with Crippen molar-refractivity contribution in [2.75, 3.05) is 26.2 Å². The molecule has 0 radical (unpaired) electrons. The van der Waals surface area contributed by atoms with Crippen molar-refractivity contribution in [1.29, 1.82) is 0 Å². The summed E-state index contributed by atoms with van der Waals surface area (Å²) in [6, 6.07) is 18.0. The molecule has 0 N–H and O–H groups in total. The fourth-order valence-corrected chi connectivity index (χ4v) is 3.85. The normalized spacial score (nSPS) is 15.3. The molecule has 1 amide bonds. The van der Waals surface area contributed by atoms with Gasteiger partial charge in [-0.25, -0.2) is 0 Å². The number of amides is 1. The van der Waals surface area contributed by atoms with Crippen molar-refractivity contribution >= 4 is 32.7 Å². The Kier molecular flexibility index (Phi) is 5.00. The van der Waals surface area contributed by atoms with Gasteiger partial charge in [0.15, 0.2) is 0 Å². The van der Waals surface area contributed by atoms with Crippen LogP contribution in [0.25, 0.3) is 10.9 Å². The van der Waals surface area contributed by atoms with Crippen LogP contribution in [-0.2, 0) is 6.54 Å². The summed E-state index contributed by atoms with van der Waals surface area (Å²) in [4.78, 5) is 21.6. The van der Waals surface area contributed by atoms with Crippen LogP contribution in [0.1, 0.15) is 15.9 Å². The fourth-order valence-electron chi connectivity index (χ4n) is 3.45. The third kappa shape index (κ3) is 3.64. The van der Waals surface area contributed by atoms with E-state index in [1.807, 2.05) is 41.4 Å². The number of fused-ring (bicyclic) bond motifs is 1. The van der Waals surface area contributed by atoms with Crippen molar-refractivity contribution in [3.05, 3.63) is 76.4 Å². The molecule has 26 heavy (non-hydrogen) atoms. The van der Waals surface area contributed by atoms with E-state index in [0.717, 1.165) is 48.3 Å². The minimum atomic E-state index is 0.109. The maximum atomic E-state index is 12.7. The maximum Gasteiger partial charge on any atom is 0.253 e. The summed E-state index contributed by atoms with van der Waals surface area (Å²) < 4.78 is 0.936. The monoisotopic (exact) mass is 409 g/mol. The number of benzene rings is 2. The second kappa shape index (κ2) is 7.56. The zero-order valence-electron chi connectivity index (χ0n) is 14.4. The van der Waals surface area contributed by atoms with E-state index in [2.05, 4.69) is 50.1 Å². The number of rotatable bonds is 3. The van der Waals surface area contributed by atoms with E-state index < -0.39 is 0 Å². The van der Waals surface area contributed by atoms with Crippen molar-refractivity contribution < 1.29 is 4.79 Å². The third-order valence-electron chi connectivity index (χ3n) is 4.84. The second-order valence-corrected chi connectivity index (χ2v) is 7.49. The van der Waals surface area contributed by atoms with Crippen LogP contribution >= 0.6 is 15.9 Å². The minimum Gasteiger partial charge on any atom is -0.336 e. The first-order chi connectivity index (χ1) is 12.7. The number of aromatic nitrogens is 1. The van der Waals surface area contributed by atoms with E-state index in [9.17, 15) is 4.79 Å². The zero-order chi connectivity index (χ0) is 17.9. The molecule has 0 bridgehead atoms. The number of hydrogen-bond acceptors (Lipinski definition) is 3. The molecule has 132 valence electrons. The van der Waals surface area contributed by atoms with Gasteiger partial charge >= 0.3 is 0 Å². The average molecular weight is 410 g/mol. The summed E-state index contributed by atoms with van der Waals surface area (Å²) in [5.74, 6) is 0.109. The Morgan fingerprint density at radius 2 is 1.77 bits per heavy atom. The molecule has 4 nitrogen and oxygen atoms in total. The SMILES string of the molecule is O=C(c1cccc(Br)c1)N1CCN(Cc2cccc3cccnc23)CC1. The van der Waals surface area contributed by atoms with Crippen molar-refractivity contribution in [3.63, 3.8) is 0 Å². The Morgan fingerprint density at radius 3 is 2.58 bits per heavy atom. The van der Waals surface area contributed by atoms with Gasteiger partial charge in [0, 0.05) is 54.3 Å².